The highest BCUT2D eigenvalue weighted by atomic mass is 16.5. The Morgan fingerprint density at radius 3 is 2.40 bits per heavy atom. The first kappa shape index (κ1) is 23.4. The van der Waals surface area contributed by atoms with Crippen LogP contribution in [0.2, 0.25) is 0 Å². The van der Waals surface area contributed by atoms with E-state index >= 15 is 0 Å². The van der Waals surface area contributed by atoms with Gasteiger partial charge in [0.25, 0.3) is 0 Å². The summed E-state index contributed by atoms with van der Waals surface area (Å²) in [6.45, 7) is 3.47. The lowest BCUT2D eigenvalue weighted by molar-refractivity contribution is -0.135. The van der Waals surface area contributed by atoms with E-state index < -0.39 is 0 Å². The summed E-state index contributed by atoms with van der Waals surface area (Å²) < 4.78 is 6.08. The van der Waals surface area contributed by atoms with Crippen molar-refractivity contribution in [1.82, 2.24) is 15.5 Å². The minimum Gasteiger partial charge on any atom is -0.378 e. The number of ether oxygens (including phenoxy) is 1. The second-order valence-electron chi connectivity index (χ2n) is 9.44. The van der Waals surface area contributed by atoms with Crippen LogP contribution in [0.25, 0.3) is 0 Å². The summed E-state index contributed by atoms with van der Waals surface area (Å²) in [7, 11) is 1.82. The first-order valence-electron chi connectivity index (χ1n) is 12.6. The summed E-state index contributed by atoms with van der Waals surface area (Å²) in [5.74, 6) is 1.52. The van der Waals surface area contributed by atoms with Crippen molar-refractivity contribution in [3.63, 3.8) is 0 Å². The molecule has 172 valence electrons. The maximum Gasteiger partial charge on any atom is 0.225 e. The van der Waals surface area contributed by atoms with Gasteiger partial charge in [0.2, 0.25) is 5.91 Å². The number of guanidine groups is 1. The Hall–Kier alpha value is -1.30. The van der Waals surface area contributed by atoms with Crippen LogP contribution in [0.3, 0.4) is 0 Å². The molecule has 0 aromatic rings. The number of hydrogen-bond donors (Lipinski definition) is 2. The quantitative estimate of drug-likeness (QED) is 0.271. The van der Waals surface area contributed by atoms with Gasteiger partial charge >= 0.3 is 0 Å². The van der Waals surface area contributed by atoms with Crippen LogP contribution in [0, 0.1) is 5.92 Å². The molecule has 0 radical (unpaired) electrons. The van der Waals surface area contributed by atoms with E-state index in [1.54, 1.807) is 0 Å². The average molecular weight is 421 g/mol. The van der Waals surface area contributed by atoms with E-state index in [1.807, 2.05) is 7.05 Å². The zero-order valence-electron chi connectivity index (χ0n) is 19.2. The number of carbonyl (C=O) groups excluding carboxylic acids is 1. The number of amides is 1. The Bertz CT molecular complexity index is 525. The predicted octanol–water partition coefficient (Wildman–Crippen LogP) is 3.85. The highest BCUT2D eigenvalue weighted by Gasteiger charge is 2.31. The molecule has 0 aromatic carbocycles. The molecule has 1 unspecified atom stereocenters. The third-order valence-electron chi connectivity index (χ3n) is 7.04. The molecule has 0 aromatic heterocycles. The Morgan fingerprint density at radius 2 is 1.67 bits per heavy atom. The molecule has 2 aliphatic carbocycles. The van der Waals surface area contributed by atoms with Crippen LogP contribution < -0.4 is 10.6 Å². The van der Waals surface area contributed by atoms with Crippen LogP contribution in [0.1, 0.15) is 89.9 Å². The number of nitrogens with zero attached hydrogens (tertiary/aromatic N) is 2. The smallest absolute Gasteiger partial charge is 0.225 e. The SMILES string of the molecule is CN=C(NCCCCOC1CCCCCC1)NC1CCN(C(=O)C2CCCCC2)C1. The lowest BCUT2D eigenvalue weighted by atomic mass is 9.88. The molecule has 6 heteroatoms. The number of rotatable bonds is 8. The number of hydrogen-bond acceptors (Lipinski definition) is 3. The second kappa shape index (κ2) is 13.2. The lowest BCUT2D eigenvalue weighted by Crippen LogP contribution is -2.45. The van der Waals surface area contributed by atoms with Crippen LogP contribution in [0.15, 0.2) is 4.99 Å². The van der Waals surface area contributed by atoms with Gasteiger partial charge < -0.3 is 20.3 Å². The molecule has 3 aliphatic rings. The number of unbranched alkanes of at least 4 members (excludes halogenated alkanes) is 1. The van der Waals surface area contributed by atoms with Gasteiger partial charge in [-0.25, -0.2) is 0 Å². The van der Waals surface area contributed by atoms with Crippen LogP contribution in [0.4, 0.5) is 0 Å². The topological polar surface area (TPSA) is 66.0 Å². The van der Waals surface area contributed by atoms with Gasteiger partial charge in [-0.15, -0.1) is 0 Å². The Balaban J connectivity index is 1.26. The molecule has 0 bridgehead atoms. The van der Waals surface area contributed by atoms with E-state index in [-0.39, 0.29) is 5.92 Å². The Labute approximate surface area is 183 Å². The maximum absolute atomic E-state index is 12.7. The summed E-state index contributed by atoms with van der Waals surface area (Å²) in [5, 5.41) is 6.95. The normalized spacial score (nSPS) is 24.6. The molecule has 2 saturated carbocycles. The van der Waals surface area contributed by atoms with Gasteiger partial charge in [0.15, 0.2) is 5.96 Å². The third kappa shape index (κ3) is 7.75. The van der Waals surface area contributed by atoms with E-state index in [0.717, 1.165) is 64.3 Å². The van der Waals surface area contributed by atoms with Gasteiger partial charge in [-0.2, -0.15) is 0 Å². The minimum absolute atomic E-state index is 0.273. The molecule has 30 heavy (non-hydrogen) atoms. The summed E-state index contributed by atoms with van der Waals surface area (Å²) in [5.41, 5.74) is 0. The van der Waals surface area contributed by atoms with Crippen molar-refractivity contribution < 1.29 is 9.53 Å². The van der Waals surface area contributed by atoms with Gasteiger partial charge in [0, 0.05) is 45.2 Å². The molecular formula is C24H44N4O2. The van der Waals surface area contributed by atoms with E-state index in [9.17, 15) is 4.79 Å². The number of likely N-dealkylation sites (tertiary alicyclic amines) is 1. The van der Waals surface area contributed by atoms with Crippen LogP contribution in [-0.2, 0) is 9.53 Å². The predicted molar refractivity (Wildman–Crippen MR) is 123 cm³/mol. The van der Waals surface area contributed by atoms with Crippen LogP contribution >= 0.6 is 0 Å². The summed E-state index contributed by atoms with van der Waals surface area (Å²) >= 11 is 0. The van der Waals surface area contributed by atoms with E-state index in [0.29, 0.717) is 18.1 Å². The minimum atomic E-state index is 0.273. The van der Waals surface area contributed by atoms with Crippen molar-refractivity contribution in [2.24, 2.45) is 10.9 Å². The summed E-state index contributed by atoms with van der Waals surface area (Å²) in [4.78, 5) is 19.2. The van der Waals surface area contributed by atoms with Crippen molar-refractivity contribution in [2.75, 3.05) is 33.3 Å². The van der Waals surface area contributed by atoms with Crippen LogP contribution in [-0.4, -0.2) is 62.2 Å². The highest BCUT2D eigenvalue weighted by molar-refractivity contribution is 5.81. The zero-order valence-corrected chi connectivity index (χ0v) is 19.2. The number of nitrogens with one attached hydrogen (secondary N) is 2. The van der Waals surface area contributed by atoms with Crippen molar-refractivity contribution >= 4 is 11.9 Å². The molecular weight excluding hydrogens is 376 g/mol. The Kier molecular flexibility index (Phi) is 10.3. The molecule has 6 nitrogen and oxygen atoms in total. The molecule has 1 atom stereocenters. The molecule has 3 fully saturated rings. The lowest BCUT2D eigenvalue weighted by Gasteiger charge is -2.26. The molecule has 1 heterocycles. The number of carbonyl (C=O) groups is 1. The zero-order chi connectivity index (χ0) is 21.0. The van der Waals surface area contributed by atoms with E-state index in [4.69, 9.17) is 4.74 Å². The van der Waals surface area contributed by atoms with Gasteiger partial charge in [-0.1, -0.05) is 44.9 Å². The number of aliphatic imine (C=N–C) groups is 1. The molecule has 0 spiro atoms. The Morgan fingerprint density at radius 1 is 0.967 bits per heavy atom. The summed E-state index contributed by atoms with van der Waals surface area (Å²) in [6, 6.07) is 0.308. The third-order valence-corrected chi connectivity index (χ3v) is 7.04. The van der Waals surface area contributed by atoms with Gasteiger partial charge in [0.1, 0.15) is 0 Å². The fourth-order valence-corrected chi connectivity index (χ4v) is 5.17. The standard InChI is InChI=1S/C24H44N4O2/c1-25-24(26-16-9-10-18-30-22-13-7-2-3-8-14-22)27-21-15-17-28(19-21)23(29)20-11-5-4-6-12-20/h20-22H,2-19H2,1H3,(H2,25,26,27). The monoisotopic (exact) mass is 420 g/mol. The van der Waals surface area contributed by atoms with Crippen molar-refractivity contribution in [3.8, 4) is 0 Å². The molecule has 3 rings (SSSR count). The first-order chi connectivity index (χ1) is 14.8. The van der Waals surface area contributed by atoms with Crippen molar-refractivity contribution in [2.45, 2.75) is 102 Å². The van der Waals surface area contributed by atoms with Gasteiger partial charge in [0.05, 0.1) is 6.10 Å². The first-order valence-corrected chi connectivity index (χ1v) is 12.6. The fourth-order valence-electron chi connectivity index (χ4n) is 5.17. The molecule has 1 saturated heterocycles. The van der Waals surface area contributed by atoms with E-state index in [1.165, 1.54) is 57.8 Å². The molecule has 2 N–H and O–H groups in total. The van der Waals surface area contributed by atoms with Gasteiger partial charge in [-0.3, -0.25) is 9.79 Å². The average Bonchev–Trinajstić information content (AvgIpc) is 3.09. The van der Waals surface area contributed by atoms with Crippen LogP contribution in [0.5, 0.6) is 0 Å². The van der Waals surface area contributed by atoms with Crippen molar-refractivity contribution in [3.05, 3.63) is 0 Å². The molecule has 1 amide bonds. The maximum atomic E-state index is 12.7. The highest BCUT2D eigenvalue weighted by Crippen LogP contribution is 2.26. The fraction of sp³-hybridized carbons (Fsp3) is 0.917. The van der Waals surface area contributed by atoms with Crippen molar-refractivity contribution in [1.29, 1.82) is 0 Å². The summed E-state index contributed by atoms with van der Waals surface area (Å²) in [6.07, 6.45) is 17.5. The van der Waals surface area contributed by atoms with E-state index in [2.05, 4.69) is 20.5 Å². The largest absolute Gasteiger partial charge is 0.378 e. The second-order valence-corrected chi connectivity index (χ2v) is 9.44. The van der Waals surface area contributed by atoms with Gasteiger partial charge in [-0.05, 0) is 44.9 Å². The molecule has 1 aliphatic heterocycles.